The Morgan fingerprint density at radius 1 is 1.41 bits per heavy atom. The van der Waals surface area contributed by atoms with E-state index < -0.39 is 5.97 Å². The second-order valence-corrected chi connectivity index (χ2v) is 4.98. The number of rotatable bonds is 8. The van der Waals surface area contributed by atoms with Crippen molar-refractivity contribution in [2.24, 2.45) is 5.92 Å². The minimum absolute atomic E-state index is 0.268. The van der Waals surface area contributed by atoms with Gasteiger partial charge in [-0.15, -0.1) is 0 Å². The number of hydrogen-bond donors (Lipinski definition) is 1. The van der Waals surface area contributed by atoms with Gasteiger partial charge in [-0.05, 0) is 24.3 Å². The smallest absolute Gasteiger partial charge is 0.307 e. The average molecular weight is 254 g/mol. The molecule has 0 bridgehead atoms. The fraction of sp³-hybridized carbons (Fsp3) is 0.462. The van der Waals surface area contributed by atoms with Crippen LogP contribution in [0.2, 0.25) is 0 Å². The fourth-order valence-corrected chi connectivity index (χ4v) is 2.18. The van der Waals surface area contributed by atoms with Crippen LogP contribution >= 0.6 is 11.8 Å². The first-order chi connectivity index (χ1) is 8.20. The van der Waals surface area contributed by atoms with E-state index in [2.05, 4.69) is 0 Å². The van der Waals surface area contributed by atoms with E-state index in [1.807, 2.05) is 30.3 Å². The number of carbonyl (C=O) groups is 1. The predicted molar refractivity (Wildman–Crippen MR) is 70.7 cm³/mol. The normalized spacial score (nSPS) is 12.1. The number of hydrogen-bond acceptors (Lipinski definition) is 3. The van der Waals surface area contributed by atoms with E-state index in [-0.39, 0.29) is 5.92 Å². The van der Waals surface area contributed by atoms with E-state index in [1.165, 1.54) is 0 Å². The number of ether oxygens (including phenoxy) is 1. The standard InChI is InChI=1S/C13H18O3S/c1-11(13(14)15)10-17-9-5-8-16-12-6-3-2-4-7-12/h2-4,6-7,11H,5,8-10H2,1H3,(H,14,15). The highest BCUT2D eigenvalue weighted by molar-refractivity contribution is 7.99. The van der Waals surface area contributed by atoms with Crippen LogP contribution in [0.4, 0.5) is 0 Å². The first-order valence-electron chi connectivity index (χ1n) is 5.68. The second-order valence-electron chi connectivity index (χ2n) is 3.83. The van der Waals surface area contributed by atoms with E-state index in [0.29, 0.717) is 12.4 Å². The lowest BCUT2D eigenvalue weighted by atomic mass is 10.2. The average Bonchev–Trinajstić information content (AvgIpc) is 2.34. The highest BCUT2D eigenvalue weighted by Gasteiger charge is 2.09. The lowest BCUT2D eigenvalue weighted by Crippen LogP contribution is -2.12. The molecule has 1 atom stereocenters. The second kappa shape index (κ2) is 8.01. The van der Waals surface area contributed by atoms with Crippen molar-refractivity contribution in [1.82, 2.24) is 0 Å². The van der Waals surface area contributed by atoms with Gasteiger partial charge >= 0.3 is 5.97 Å². The maximum absolute atomic E-state index is 10.6. The van der Waals surface area contributed by atoms with Crippen LogP contribution in [0.15, 0.2) is 30.3 Å². The van der Waals surface area contributed by atoms with E-state index >= 15 is 0 Å². The van der Waals surface area contributed by atoms with Gasteiger partial charge in [-0.1, -0.05) is 25.1 Å². The maximum atomic E-state index is 10.6. The molecule has 0 saturated carbocycles. The van der Waals surface area contributed by atoms with E-state index in [0.717, 1.165) is 17.9 Å². The van der Waals surface area contributed by atoms with Gasteiger partial charge in [-0.2, -0.15) is 11.8 Å². The van der Waals surface area contributed by atoms with Gasteiger partial charge in [0.15, 0.2) is 0 Å². The molecule has 1 aromatic rings. The Hall–Kier alpha value is -1.16. The summed E-state index contributed by atoms with van der Waals surface area (Å²) in [7, 11) is 0. The highest BCUT2D eigenvalue weighted by atomic mass is 32.2. The Balaban J connectivity index is 2.00. The summed E-state index contributed by atoms with van der Waals surface area (Å²) < 4.78 is 5.53. The van der Waals surface area contributed by atoms with Crippen molar-refractivity contribution >= 4 is 17.7 Å². The molecule has 17 heavy (non-hydrogen) atoms. The Morgan fingerprint density at radius 2 is 2.12 bits per heavy atom. The van der Waals surface area contributed by atoms with E-state index in [4.69, 9.17) is 9.84 Å². The zero-order valence-electron chi connectivity index (χ0n) is 9.96. The van der Waals surface area contributed by atoms with E-state index in [1.54, 1.807) is 18.7 Å². The molecule has 0 aliphatic heterocycles. The Kier molecular flexibility index (Phi) is 6.55. The van der Waals surface area contributed by atoms with Crippen molar-refractivity contribution in [3.8, 4) is 5.75 Å². The number of thioether (sulfide) groups is 1. The summed E-state index contributed by atoms with van der Waals surface area (Å²) in [4.78, 5) is 10.6. The summed E-state index contributed by atoms with van der Waals surface area (Å²) in [5, 5.41) is 8.70. The predicted octanol–water partition coefficient (Wildman–Crippen LogP) is 2.91. The van der Waals surface area contributed by atoms with Gasteiger partial charge in [0, 0.05) is 5.75 Å². The third kappa shape index (κ3) is 6.22. The van der Waals surface area contributed by atoms with Crippen LogP contribution in [0.25, 0.3) is 0 Å². The summed E-state index contributed by atoms with van der Waals surface area (Å²) >= 11 is 1.66. The van der Waals surface area contributed by atoms with Gasteiger partial charge in [0.1, 0.15) is 5.75 Å². The van der Waals surface area contributed by atoms with Crippen molar-refractivity contribution in [1.29, 1.82) is 0 Å². The topological polar surface area (TPSA) is 46.5 Å². The fourth-order valence-electron chi connectivity index (χ4n) is 1.20. The van der Waals surface area contributed by atoms with Gasteiger partial charge in [-0.3, -0.25) is 4.79 Å². The van der Waals surface area contributed by atoms with Gasteiger partial charge in [0.05, 0.1) is 12.5 Å². The zero-order valence-corrected chi connectivity index (χ0v) is 10.8. The van der Waals surface area contributed by atoms with Crippen LogP contribution in [-0.4, -0.2) is 29.2 Å². The molecule has 0 aromatic heterocycles. The van der Waals surface area contributed by atoms with Crippen LogP contribution in [-0.2, 0) is 4.79 Å². The number of benzene rings is 1. The lowest BCUT2D eigenvalue weighted by molar-refractivity contribution is -0.140. The van der Waals surface area contributed by atoms with E-state index in [9.17, 15) is 4.79 Å². The van der Waals surface area contributed by atoms with Crippen molar-refractivity contribution in [2.75, 3.05) is 18.1 Å². The molecule has 0 heterocycles. The van der Waals surface area contributed by atoms with Crippen LogP contribution < -0.4 is 4.74 Å². The molecule has 0 fully saturated rings. The summed E-state index contributed by atoms with van der Waals surface area (Å²) in [5.41, 5.74) is 0. The highest BCUT2D eigenvalue weighted by Crippen LogP contribution is 2.12. The molecule has 0 saturated heterocycles. The Morgan fingerprint density at radius 3 is 2.76 bits per heavy atom. The molecule has 0 radical (unpaired) electrons. The minimum Gasteiger partial charge on any atom is -0.494 e. The first-order valence-corrected chi connectivity index (χ1v) is 6.84. The molecule has 94 valence electrons. The number of aliphatic carboxylic acids is 1. The van der Waals surface area contributed by atoms with Crippen molar-refractivity contribution < 1.29 is 14.6 Å². The molecule has 1 rings (SSSR count). The molecule has 0 aliphatic carbocycles. The quantitative estimate of drug-likeness (QED) is 0.725. The minimum atomic E-state index is -0.724. The lowest BCUT2D eigenvalue weighted by Gasteiger charge is -2.07. The number of carboxylic acids is 1. The molecule has 3 nitrogen and oxygen atoms in total. The molecule has 1 aromatic carbocycles. The third-order valence-electron chi connectivity index (χ3n) is 2.23. The van der Waals surface area contributed by atoms with Crippen LogP contribution in [0.3, 0.4) is 0 Å². The van der Waals surface area contributed by atoms with Crippen molar-refractivity contribution in [2.45, 2.75) is 13.3 Å². The molecule has 0 aliphatic rings. The Bertz CT molecular complexity index is 327. The molecular formula is C13H18O3S. The summed E-state index contributed by atoms with van der Waals surface area (Å²) in [6, 6.07) is 9.70. The van der Waals surface area contributed by atoms with Gasteiger partial charge in [-0.25, -0.2) is 0 Å². The molecule has 1 unspecified atom stereocenters. The SMILES string of the molecule is CC(CSCCCOc1ccccc1)C(=O)O. The third-order valence-corrected chi connectivity index (χ3v) is 3.55. The molecule has 1 N–H and O–H groups in total. The van der Waals surface area contributed by atoms with Crippen LogP contribution in [0, 0.1) is 5.92 Å². The van der Waals surface area contributed by atoms with Crippen LogP contribution in [0.5, 0.6) is 5.75 Å². The largest absolute Gasteiger partial charge is 0.494 e. The molecule has 0 amide bonds. The van der Waals surface area contributed by atoms with Crippen molar-refractivity contribution in [3.63, 3.8) is 0 Å². The number of para-hydroxylation sites is 1. The zero-order chi connectivity index (χ0) is 12.5. The van der Waals surface area contributed by atoms with Gasteiger partial charge < -0.3 is 9.84 Å². The maximum Gasteiger partial charge on any atom is 0.307 e. The summed E-state index contributed by atoms with van der Waals surface area (Å²) in [6.45, 7) is 2.41. The van der Waals surface area contributed by atoms with Gasteiger partial charge in [0.2, 0.25) is 0 Å². The van der Waals surface area contributed by atoms with Gasteiger partial charge in [0.25, 0.3) is 0 Å². The van der Waals surface area contributed by atoms with Crippen molar-refractivity contribution in [3.05, 3.63) is 30.3 Å². The summed E-state index contributed by atoms with van der Waals surface area (Å²) in [6.07, 6.45) is 0.936. The summed E-state index contributed by atoms with van der Waals surface area (Å²) in [5.74, 6) is 1.50. The molecular weight excluding hydrogens is 236 g/mol. The molecule has 4 heteroatoms. The first kappa shape index (κ1) is 13.9. The monoisotopic (exact) mass is 254 g/mol. The Labute approximate surface area is 106 Å². The molecule has 0 spiro atoms. The van der Waals surface area contributed by atoms with Crippen LogP contribution in [0.1, 0.15) is 13.3 Å². The number of carboxylic acid groups (broad SMARTS) is 1.